The number of ether oxygens (including phenoxy) is 8. The predicted octanol–water partition coefficient (Wildman–Crippen LogP) is -2.05. The average Bonchev–Trinajstić information content (AvgIpc) is 3.30. The van der Waals surface area contributed by atoms with Gasteiger partial charge >= 0.3 is 17.3 Å². The molecule has 3 fully saturated rings. The van der Waals surface area contributed by atoms with E-state index in [1.165, 1.54) is 61.7 Å². The molecule has 13 N–H and O–H groups in total. The molecule has 4 heterocycles. The van der Waals surface area contributed by atoms with Crippen LogP contribution in [0.5, 0.6) is 34.5 Å². The van der Waals surface area contributed by atoms with Crippen molar-refractivity contribution in [2.24, 2.45) is 0 Å². The van der Waals surface area contributed by atoms with Crippen LogP contribution in [-0.4, -0.2) is 191 Å². The van der Waals surface area contributed by atoms with Gasteiger partial charge in [0.15, 0.2) is 23.9 Å². The molecule has 66 heavy (non-hydrogen) atoms. The summed E-state index contributed by atoms with van der Waals surface area (Å²) >= 11 is 0. The first-order valence-electron chi connectivity index (χ1n) is 20.3. The number of fused-ring (bicyclic) bond motifs is 1. The molecule has 3 aromatic carbocycles. The lowest BCUT2D eigenvalue weighted by Gasteiger charge is -2.45. The van der Waals surface area contributed by atoms with Gasteiger partial charge in [-0.05, 0) is 35.9 Å². The van der Waals surface area contributed by atoms with Crippen LogP contribution in [0.2, 0.25) is 0 Å². The average molecular weight is 934 g/mol. The van der Waals surface area contributed by atoms with Crippen LogP contribution in [0.25, 0.3) is 28.4 Å². The van der Waals surface area contributed by atoms with Crippen molar-refractivity contribution in [1.29, 1.82) is 0 Å². The molecule has 3 saturated heterocycles. The monoisotopic (exact) mass is 933 g/mol. The first-order valence-corrected chi connectivity index (χ1v) is 20.3. The minimum absolute atomic E-state index is 0.00585. The highest BCUT2D eigenvalue weighted by Crippen LogP contribution is 2.44. The summed E-state index contributed by atoms with van der Waals surface area (Å²) in [4.78, 5) is 12.6. The molecule has 0 unspecified atom stereocenters. The van der Waals surface area contributed by atoms with Crippen molar-refractivity contribution in [3.63, 3.8) is 0 Å². The van der Waals surface area contributed by atoms with Crippen molar-refractivity contribution in [2.45, 2.75) is 92.1 Å². The summed E-state index contributed by atoms with van der Waals surface area (Å²) in [5.74, 6) is -2.45. The Hall–Kier alpha value is -5.48. The lowest BCUT2D eigenvalue weighted by molar-refractivity contribution is -0.358. The van der Waals surface area contributed by atoms with Gasteiger partial charge in [-0.3, -0.25) is 0 Å². The van der Waals surface area contributed by atoms with E-state index in [2.05, 4.69) is 0 Å². The van der Waals surface area contributed by atoms with Crippen LogP contribution in [0.15, 0.2) is 71.2 Å². The number of carbonyl (C=O) groups excluding carboxylic acids is 1. The van der Waals surface area contributed by atoms with Crippen molar-refractivity contribution in [2.75, 3.05) is 26.9 Å². The number of aliphatic hydroxyl groups excluding tert-OH is 10. The van der Waals surface area contributed by atoms with Crippen LogP contribution in [0, 0.1) is 0 Å². The lowest BCUT2D eigenvalue weighted by Crippen LogP contribution is -2.65. The van der Waals surface area contributed by atoms with Gasteiger partial charge in [-0.1, -0.05) is 12.1 Å². The van der Waals surface area contributed by atoms with Crippen molar-refractivity contribution in [1.82, 2.24) is 0 Å². The van der Waals surface area contributed by atoms with Gasteiger partial charge in [0, 0.05) is 24.3 Å². The highest BCUT2D eigenvalue weighted by Gasteiger charge is 2.52. The van der Waals surface area contributed by atoms with Crippen LogP contribution in [0.3, 0.4) is 0 Å². The van der Waals surface area contributed by atoms with E-state index in [0.717, 1.165) is 18.2 Å². The fourth-order valence-electron chi connectivity index (χ4n) is 7.37. The highest BCUT2D eigenvalue weighted by atomic mass is 16.8. The summed E-state index contributed by atoms with van der Waals surface area (Å²) in [7, 11) is 1.27. The molecule has 358 valence electrons. The maximum absolute atomic E-state index is 12.6. The molecule has 0 radical (unpaired) electrons. The highest BCUT2D eigenvalue weighted by molar-refractivity contribution is 5.89. The number of rotatable bonds is 14. The molecule has 23 nitrogen and oxygen atoms in total. The van der Waals surface area contributed by atoms with E-state index in [1.54, 1.807) is 0 Å². The van der Waals surface area contributed by atoms with Crippen LogP contribution >= 0.6 is 0 Å². The molecular formula is C43H49O23+. The van der Waals surface area contributed by atoms with Crippen LogP contribution in [0.4, 0.5) is 0 Å². The standard InChI is InChI=1S/C43H48O23/c1-58-25-10-18(5-8-22(25)48)39-26(13-21-23(60-39)11-20(47)12-24(21)61-41-37(56)34(53)31(50)27(14-44)63-41)62-43-40(36(55)32(51)28(15-45)64-43)66-42-38(57)35(54)33(52)29(65-42)16-59-30(49)9-4-17-2-6-19(46)7-3-17/h2-13,27-29,31-38,40-45,50-57H,14-16H2,1H3,(H2-,46,47,48,49)/p+1/t27-,28-,29-,31-,32-,33-,34+,35+,36+,37-,38-,40-,41-,42+,43-/m1/s1. The summed E-state index contributed by atoms with van der Waals surface area (Å²) in [5.41, 5.74) is 0.556. The third kappa shape index (κ3) is 10.2. The molecule has 0 spiro atoms. The zero-order valence-corrected chi connectivity index (χ0v) is 34.6. The van der Waals surface area contributed by atoms with Gasteiger partial charge < -0.3 is 104 Å². The number of aromatic hydroxyl groups is 3. The van der Waals surface area contributed by atoms with Crippen molar-refractivity contribution < 1.29 is 113 Å². The van der Waals surface area contributed by atoms with Gasteiger partial charge in [0.05, 0.1) is 32.0 Å². The molecule has 4 aromatic rings. The minimum atomic E-state index is -2.05. The summed E-state index contributed by atoms with van der Waals surface area (Å²) in [6, 6.07) is 13.3. The van der Waals surface area contributed by atoms with E-state index >= 15 is 0 Å². The second-order valence-electron chi connectivity index (χ2n) is 15.5. The van der Waals surface area contributed by atoms with Crippen LogP contribution < -0.4 is 14.2 Å². The number of carbonyl (C=O) groups is 1. The van der Waals surface area contributed by atoms with E-state index in [9.17, 15) is 71.2 Å². The zero-order chi connectivity index (χ0) is 47.6. The number of phenols is 3. The molecular weight excluding hydrogens is 884 g/mol. The Kier molecular flexibility index (Phi) is 15.1. The first kappa shape index (κ1) is 48.5. The largest absolute Gasteiger partial charge is 0.508 e. The summed E-state index contributed by atoms with van der Waals surface area (Å²) in [5, 5.41) is 137. The maximum atomic E-state index is 12.6. The van der Waals surface area contributed by atoms with Gasteiger partial charge in [-0.25, -0.2) is 9.21 Å². The molecule has 23 heteroatoms. The molecule has 0 amide bonds. The normalized spacial score (nSPS) is 32.6. The van der Waals surface area contributed by atoms with Crippen LogP contribution in [-0.2, 0) is 28.5 Å². The zero-order valence-electron chi connectivity index (χ0n) is 34.6. The van der Waals surface area contributed by atoms with Gasteiger partial charge in [0.2, 0.25) is 18.3 Å². The van der Waals surface area contributed by atoms with E-state index in [4.69, 9.17) is 42.3 Å². The Balaban J connectivity index is 1.22. The van der Waals surface area contributed by atoms with Crippen molar-refractivity contribution in [3.8, 4) is 45.8 Å². The summed E-state index contributed by atoms with van der Waals surface area (Å²) in [6.45, 7) is -2.35. The number of esters is 1. The van der Waals surface area contributed by atoms with Gasteiger partial charge in [-0.2, -0.15) is 0 Å². The molecule has 0 saturated carbocycles. The third-order valence-corrected chi connectivity index (χ3v) is 11.1. The number of hydrogen-bond donors (Lipinski definition) is 13. The number of benzene rings is 3. The minimum Gasteiger partial charge on any atom is -0.508 e. The Morgan fingerprint density at radius 1 is 0.636 bits per heavy atom. The fourth-order valence-corrected chi connectivity index (χ4v) is 7.37. The number of phenolic OH excluding ortho intramolecular Hbond substituents is 3. The quantitative estimate of drug-likeness (QED) is 0.0368. The predicted molar refractivity (Wildman–Crippen MR) is 218 cm³/mol. The second kappa shape index (κ2) is 20.6. The Morgan fingerprint density at radius 3 is 1.91 bits per heavy atom. The van der Waals surface area contributed by atoms with E-state index in [0.29, 0.717) is 5.56 Å². The van der Waals surface area contributed by atoms with Gasteiger partial charge in [0.25, 0.3) is 0 Å². The van der Waals surface area contributed by atoms with Crippen LogP contribution in [0.1, 0.15) is 5.56 Å². The third-order valence-electron chi connectivity index (χ3n) is 11.1. The second-order valence-corrected chi connectivity index (χ2v) is 15.5. The molecule has 15 atom stereocenters. The topological polar surface area (TPSA) is 365 Å². The molecule has 3 aliphatic rings. The Labute approximate surface area is 373 Å². The SMILES string of the molecule is COc1cc(-c2[o+]c3cc(O)cc(O[C@@H]4O[C@H](CO)[C@@H](O)[C@H](O)[C@H]4O)c3cc2O[C@@H]2O[C@H](CO)[C@@H](O)[C@H](O)[C@H]2O[C@@H]2O[C@H](COC(=O)C=Cc3ccc(O)cc3)[C@@H](O)[C@H](O)[C@H]2O)ccc1O. The summed E-state index contributed by atoms with van der Waals surface area (Å²) in [6.07, 6.45) is -24.8. The van der Waals surface area contributed by atoms with Gasteiger partial charge in [-0.15, -0.1) is 0 Å². The van der Waals surface area contributed by atoms with E-state index in [1.807, 2.05) is 0 Å². The fraction of sp³-hybridized carbons (Fsp3) is 0.442. The number of aliphatic hydroxyl groups is 10. The molecule has 1 aromatic heterocycles. The Morgan fingerprint density at radius 2 is 1.24 bits per heavy atom. The molecule has 0 aliphatic carbocycles. The number of hydrogen-bond acceptors (Lipinski definition) is 22. The summed E-state index contributed by atoms with van der Waals surface area (Å²) < 4.78 is 51.9. The van der Waals surface area contributed by atoms with Crippen molar-refractivity contribution in [3.05, 3.63) is 72.3 Å². The molecule has 3 aliphatic heterocycles. The Bertz CT molecular complexity index is 2330. The maximum Gasteiger partial charge on any atom is 0.402 e. The smallest absolute Gasteiger partial charge is 0.402 e. The van der Waals surface area contributed by atoms with Crippen molar-refractivity contribution >= 4 is 23.0 Å². The number of methoxy groups -OCH3 is 1. The lowest BCUT2D eigenvalue weighted by atomic mass is 9.97. The first-order chi connectivity index (χ1) is 31.5. The van der Waals surface area contributed by atoms with E-state index < -0.39 is 124 Å². The van der Waals surface area contributed by atoms with E-state index in [-0.39, 0.29) is 51.0 Å². The van der Waals surface area contributed by atoms with Gasteiger partial charge in [0.1, 0.15) is 96.4 Å². The molecule has 0 bridgehead atoms. The molecule has 7 rings (SSSR count).